The molecule has 0 atom stereocenters. The molecule has 34 heavy (non-hydrogen) atoms. The van der Waals surface area contributed by atoms with Gasteiger partial charge in [0.25, 0.3) is 5.91 Å². The van der Waals surface area contributed by atoms with Crippen molar-refractivity contribution in [3.05, 3.63) is 87.9 Å². The Labute approximate surface area is 194 Å². The first-order valence-corrected chi connectivity index (χ1v) is 10.0. The molecule has 0 radical (unpaired) electrons. The number of carbonyl (C=O) groups is 1. The zero-order valence-electron chi connectivity index (χ0n) is 17.1. The van der Waals surface area contributed by atoms with E-state index in [0.717, 1.165) is 24.3 Å². The number of aromatic hydroxyl groups is 1. The minimum Gasteiger partial charge on any atom is -0.507 e. The second-order valence-electron chi connectivity index (χ2n) is 7.08. The average molecular weight is 504 g/mol. The minimum atomic E-state index is -4.73. The van der Waals surface area contributed by atoms with Crippen LogP contribution in [0.15, 0.2) is 60.7 Å². The number of hydrogen-bond acceptors (Lipinski definition) is 3. The number of phenolic OH excluding ortho intramolecular Hbond substituents is 1. The number of alkyl halides is 6. The van der Waals surface area contributed by atoms with E-state index in [9.17, 15) is 36.2 Å². The molecule has 0 bridgehead atoms. The first-order chi connectivity index (χ1) is 15.9. The zero-order valence-corrected chi connectivity index (χ0v) is 17.9. The van der Waals surface area contributed by atoms with Crippen LogP contribution in [0.5, 0.6) is 11.5 Å². The Kier molecular flexibility index (Phi) is 7.30. The average Bonchev–Trinajstić information content (AvgIpc) is 2.75. The highest BCUT2D eigenvalue weighted by molar-refractivity contribution is 6.31. The monoisotopic (exact) mass is 503 g/mol. The Hall–Kier alpha value is -3.40. The predicted octanol–water partition coefficient (Wildman–Crippen LogP) is 6.96. The van der Waals surface area contributed by atoms with Crippen molar-refractivity contribution < 1.29 is 41.0 Å². The van der Waals surface area contributed by atoms with Crippen LogP contribution >= 0.6 is 11.6 Å². The molecule has 3 rings (SSSR count). The van der Waals surface area contributed by atoms with E-state index < -0.39 is 35.1 Å². The van der Waals surface area contributed by atoms with Gasteiger partial charge in [0.2, 0.25) is 0 Å². The molecule has 3 aromatic carbocycles. The van der Waals surface area contributed by atoms with Gasteiger partial charge in [-0.3, -0.25) is 4.79 Å². The van der Waals surface area contributed by atoms with Crippen LogP contribution in [-0.2, 0) is 18.8 Å². The third-order valence-electron chi connectivity index (χ3n) is 4.71. The van der Waals surface area contributed by atoms with E-state index in [-0.39, 0.29) is 40.6 Å². The quantitative estimate of drug-likeness (QED) is 0.358. The second-order valence-corrected chi connectivity index (χ2v) is 7.51. The minimum absolute atomic E-state index is 0.0589. The summed E-state index contributed by atoms with van der Waals surface area (Å²) in [5, 5.41) is 12.2. The van der Waals surface area contributed by atoms with Gasteiger partial charge in [-0.15, -0.1) is 0 Å². The molecule has 0 saturated heterocycles. The lowest BCUT2D eigenvalue weighted by Gasteiger charge is -2.17. The van der Waals surface area contributed by atoms with Gasteiger partial charge >= 0.3 is 12.4 Å². The van der Waals surface area contributed by atoms with Crippen molar-refractivity contribution in [1.82, 2.24) is 0 Å². The summed E-state index contributed by atoms with van der Waals surface area (Å²) in [5.41, 5.74) is -2.68. The fourth-order valence-corrected chi connectivity index (χ4v) is 3.27. The van der Waals surface area contributed by atoms with Crippen LogP contribution < -0.4 is 10.1 Å². The van der Waals surface area contributed by atoms with Crippen LogP contribution in [0.1, 0.15) is 27.0 Å². The van der Waals surface area contributed by atoms with Crippen LogP contribution in [0.4, 0.5) is 32.0 Å². The van der Waals surface area contributed by atoms with Gasteiger partial charge in [0.15, 0.2) is 0 Å². The van der Waals surface area contributed by atoms with Gasteiger partial charge < -0.3 is 15.2 Å². The van der Waals surface area contributed by atoms with Crippen LogP contribution in [0.3, 0.4) is 0 Å². The normalized spacial score (nSPS) is 11.9. The van der Waals surface area contributed by atoms with E-state index in [1.807, 2.05) is 0 Å². The summed E-state index contributed by atoms with van der Waals surface area (Å²) in [6, 6.07) is 10.7. The lowest BCUT2D eigenvalue weighted by molar-refractivity contribution is -0.138. The molecule has 0 aliphatic rings. The molecule has 0 unspecified atom stereocenters. The molecule has 1 amide bonds. The van der Waals surface area contributed by atoms with Crippen molar-refractivity contribution in [1.29, 1.82) is 0 Å². The fraction of sp³-hybridized carbons (Fsp3) is 0.174. The Morgan fingerprint density at radius 1 is 0.941 bits per heavy atom. The summed E-state index contributed by atoms with van der Waals surface area (Å²) >= 11 is 5.81. The maximum Gasteiger partial charge on any atom is 0.416 e. The van der Waals surface area contributed by atoms with Crippen molar-refractivity contribution >= 4 is 23.2 Å². The molecule has 11 heteroatoms. The predicted molar refractivity (Wildman–Crippen MR) is 113 cm³/mol. The number of nitrogens with one attached hydrogen (secondary N) is 1. The maximum atomic E-state index is 13.2. The molecule has 0 aliphatic heterocycles. The first-order valence-electron chi connectivity index (χ1n) is 9.65. The molecule has 180 valence electrons. The molecule has 0 aliphatic carbocycles. The molecular weight excluding hydrogens is 488 g/mol. The highest BCUT2D eigenvalue weighted by atomic mass is 35.5. The number of halogens is 7. The number of rotatable bonds is 6. The summed E-state index contributed by atoms with van der Waals surface area (Å²) < 4.78 is 84.5. The van der Waals surface area contributed by atoms with E-state index >= 15 is 0 Å². The smallest absolute Gasteiger partial charge is 0.416 e. The van der Waals surface area contributed by atoms with Gasteiger partial charge in [-0.05, 0) is 48.0 Å². The SMILES string of the molecule is O=C(Nc1cc(C(F)(F)F)ccc1OCCc1ccccc1C(F)(F)F)c1cc(Cl)ccc1O. The summed E-state index contributed by atoms with van der Waals surface area (Å²) in [5.74, 6) is -1.63. The maximum absolute atomic E-state index is 13.2. The van der Waals surface area contributed by atoms with Gasteiger partial charge in [-0.25, -0.2) is 0 Å². The van der Waals surface area contributed by atoms with Crippen LogP contribution in [-0.4, -0.2) is 17.6 Å². The Morgan fingerprint density at radius 3 is 2.32 bits per heavy atom. The highest BCUT2D eigenvalue weighted by Gasteiger charge is 2.33. The Bertz CT molecular complexity index is 1190. The number of benzene rings is 3. The van der Waals surface area contributed by atoms with Gasteiger partial charge in [-0.1, -0.05) is 29.8 Å². The van der Waals surface area contributed by atoms with E-state index in [4.69, 9.17) is 16.3 Å². The van der Waals surface area contributed by atoms with E-state index in [1.54, 1.807) is 0 Å². The third kappa shape index (κ3) is 6.13. The van der Waals surface area contributed by atoms with E-state index in [0.29, 0.717) is 12.1 Å². The number of amides is 1. The third-order valence-corrected chi connectivity index (χ3v) is 4.95. The number of carbonyl (C=O) groups excluding carboxylic acids is 1. The molecule has 0 spiro atoms. The number of phenols is 1. The molecule has 0 fully saturated rings. The topological polar surface area (TPSA) is 58.6 Å². The first kappa shape index (κ1) is 25.2. The van der Waals surface area contributed by atoms with E-state index in [2.05, 4.69) is 5.32 Å². The molecule has 0 aromatic heterocycles. The number of ether oxygens (including phenoxy) is 1. The summed E-state index contributed by atoms with van der Waals surface area (Å²) in [4.78, 5) is 12.6. The number of hydrogen-bond donors (Lipinski definition) is 2. The van der Waals surface area contributed by atoms with E-state index in [1.165, 1.54) is 24.3 Å². The van der Waals surface area contributed by atoms with Crippen LogP contribution in [0.25, 0.3) is 0 Å². The lowest BCUT2D eigenvalue weighted by Crippen LogP contribution is -2.16. The van der Waals surface area contributed by atoms with Crippen LogP contribution in [0.2, 0.25) is 5.02 Å². The summed E-state index contributed by atoms with van der Waals surface area (Å²) in [7, 11) is 0. The van der Waals surface area contributed by atoms with Gasteiger partial charge in [0.1, 0.15) is 11.5 Å². The molecule has 2 N–H and O–H groups in total. The second kappa shape index (κ2) is 9.84. The summed E-state index contributed by atoms with van der Waals surface area (Å²) in [6.07, 6.45) is -9.51. The molecule has 0 heterocycles. The van der Waals surface area contributed by atoms with Crippen molar-refractivity contribution in [3.63, 3.8) is 0 Å². The molecule has 4 nitrogen and oxygen atoms in total. The Morgan fingerprint density at radius 2 is 1.65 bits per heavy atom. The van der Waals surface area contributed by atoms with Gasteiger partial charge in [0.05, 0.1) is 29.0 Å². The fourth-order valence-electron chi connectivity index (χ4n) is 3.10. The molecular formula is C23H16ClF6NO3. The largest absolute Gasteiger partial charge is 0.507 e. The zero-order chi connectivity index (χ0) is 25.1. The van der Waals surface area contributed by atoms with Crippen molar-refractivity contribution in [2.75, 3.05) is 11.9 Å². The Balaban J connectivity index is 1.85. The summed E-state index contributed by atoms with van der Waals surface area (Å²) in [6.45, 7) is -0.316. The van der Waals surface area contributed by atoms with Crippen molar-refractivity contribution in [2.24, 2.45) is 0 Å². The van der Waals surface area contributed by atoms with Crippen molar-refractivity contribution in [3.8, 4) is 11.5 Å². The van der Waals surface area contributed by atoms with Crippen molar-refractivity contribution in [2.45, 2.75) is 18.8 Å². The lowest BCUT2D eigenvalue weighted by atomic mass is 10.0. The molecule has 0 saturated carbocycles. The molecule has 3 aromatic rings. The van der Waals surface area contributed by atoms with Gasteiger partial charge in [-0.2, -0.15) is 26.3 Å². The highest BCUT2D eigenvalue weighted by Crippen LogP contribution is 2.36. The standard InChI is InChI=1S/C23H16ClF6NO3/c24-15-6-7-19(32)16(12-15)21(33)31-18-11-14(22(25,26)27)5-8-20(18)34-10-9-13-3-1-2-4-17(13)23(28,29)30/h1-8,11-12,32H,9-10H2,(H,31,33). The van der Waals surface area contributed by atoms with Crippen LogP contribution in [0, 0.1) is 0 Å². The van der Waals surface area contributed by atoms with Gasteiger partial charge in [0, 0.05) is 11.4 Å². The number of anilines is 1.